The molecule has 0 aromatic carbocycles. The summed E-state index contributed by atoms with van der Waals surface area (Å²) in [6.07, 6.45) is -5.20. The summed E-state index contributed by atoms with van der Waals surface area (Å²) in [4.78, 5) is 15.1. The molecular formula is C8H12F3N3O. The first-order valence-electron chi connectivity index (χ1n) is 4.46. The van der Waals surface area contributed by atoms with E-state index in [9.17, 15) is 18.0 Å². The Morgan fingerprint density at radius 1 is 1.53 bits per heavy atom. The number of carbonyl (C=O) groups is 1. The third-order valence-electron chi connectivity index (χ3n) is 2.22. The Morgan fingerprint density at radius 2 is 2.13 bits per heavy atom. The molecule has 0 aliphatic carbocycles. The van der Waals surface area contributed by atoms with Crippen LogP contribution in [0.5, 0.6) is 0 Å². The Bertz CT molecular complexity index is 300. The molecule has 0 aromatic heterocycles. The van der Waals surface area contributed by atoms with Gasteiger partial charge in [-0.2, -0.15) is 13.2 Å². The number of nitrogens with two attached hydrogens (primary N) is 1. The van der Waals surface area contributed by atoms with Gasteiger partial charge in [0.15, 0.2) is 5.96 Å². The number of aliphatic imine (C=N–C) groups is 1. The highest BCUT2D eigenvalue weighted by molar-refractivity contribution is 6.06. The predicted molar refractivity (Wildman–Crippen MR) is 48.1 cm³/mol. The molecule has 1 aliphatic heterocycles. The van der Waals surface area contributed by atoms with Gasteiger partial charge in [-0.3, -0.25) is 10.1 Å². The molecule has 86 valence electrons. The van der Waals surface area contributed by atoms with Crippen molar-refractivity contribution in [3.63, 3.8) is 0 Å². The number of amides is 1. The molecule has 0 aromatic rings. The Morgan fingerprint density at radius 3 is 2.53 bits per heavy atom. The van der Waals surface area contributed by atoms with Crippen molar-refractivity contribution in [2.45, 2.75) is 37.9 Å². The van der Waals surface area contributed by atoms with Crippen LogP contribution in [0.1, 0.15) is 26.2 Å². The molecule has 7 heteroatoms. The fraction of sp³-hybridized carbons (Fsp3) is 0.750. The quantitative estimate of drug-likeness (QED) is 0.747. The lowest BCUT2D eigenvalue weighted by Gasteiger charge is -2.17. The minimum Gasteiger partial charge on any atom is -0.370 e. The van der Waals surface area contributed by atoms with Crippen LogP contribution in [0.4, 0.5) is 13.2 Å². The molecule has 0 saturated carbocycles. The topological polar surface area (TPSA) is 67.5 Å². The maximum Gasteiger partial charge on any atom is 0.389 e. The number of hydrogen-bond donors (Lipinski definition) is 2. The summed E-state index contributed by atoms with van der Waals surface area (Å²) in [5.41, 5.74) is 4.11. The molecule has 1 aliphatic rings. The van der Waals surface area contributed by atoms with Crippen LogP contribution >= 0.6 is 0 Å². The van der Waals surface area contributed by atoms with Gasteiger partial charge >= 0.3 is 6.18 Å². The SMILES string of the molecule is CC1(CCCC(F)(F)F)N=C(N)NC1=O. The summed E-state index contributed by atoms with van der Waals surface area (Å²) in [5, 5.41) is 2.26. The van der Waals surface area contributed by atoms with Crippen molar-refractivity contribution in [3.8, 4) is 0 Å². The van der Waals surface area contributed by atoms with Crippen LogP contribution in [-0.4, -0.2) is 23.6 Å². The van der Waals surface area contributed by atoms with E-state index in [-0.39, 0.29) is 18.8 Å². The number of hydrogen-bond acceptors (Lipinski definition) is 3. The second kappa shape index (κ2) is 3.71. The van der Waals surface area contributed by atoms with E-state index < -0.39 is 24.0 Å². The summed E-state index contributed by atoms with van der Waals surface area (Å²) in [6, 6.07) is 0. The second-order valence-corrected chi connectivity index (χ2v) is 3.69. The van der Waals surface area contributed by atoms with Gasteiger partial charge in [0.05, 0.1) is 0 Å². The predicted octanol–water partition coefficient (Wildman–Crippen LogP) is 0.922. The van der Waals surface area contributed by atoms with Crippen LogP contribution in [0.2, 0.25) is 0 Å². The highest BCUT2D eigenvalue weighted by Crippen LogP contribution is 2.27. The van der Waals surface area contributed by atoms with Gasteiger partial charge in [-0.1, -0.05) is 0 Å². The van der Waals surface area contributed by atoms with Crippen LogP contribution < -0.4 is 11.1 Å². The minimum atomic E-state index is -4.19. The average Bonchev–Trinajstić information content (AvgIpc) is 2.23. The fourth-order valence-corrected chi connectivity index (χ4v) is 1.40. The van der Waals surface area contributed by atoms with Crippen molar-refractivity contribution in [2.24, 2.45) is 10.7 Å². The molecule has 1 amide bonds. The van der Waals surface area contributed by atoms with E-state index in [1.54, 1.807) is 0 Å². The van der Waals surface area contributed by atoms with Gasteiger partial charge < -0.3 is 5.73 Å². The van der Waals surface area contributed by atoms with E-state index in [4.69, 9.17) is 5.73 Å². The molecule has 0 saturated heterocycles. The third kappa shape index (κ3) is 3.10. The van der Waals surface area contributed by atoms with Crippen molar-refractivity contribution in [1.82, 2.24) is 5.32 Å². The molecule has 1 atom stereocenters. The first kappa shape index (κ1) is 11.8. The molecule has 0 spiro atoms. The van der Waals surface area contributed by atoms with E-state index in [0.717, 1.165) is 0 Å². The van der Waals surface area contributed by atoms with Crippen molar-refractivity contribution >= 4 is 11.9 Å². The smallest absolute Gasteiger partial charge is 0.370 e. The highest BCUT2D eigenvalue weighted by Gasteiger charge is 2.39. The van der Waals surface area contributed by atoms with Gasteiger partial charge in [0.1, 0.15) is 5.54 Å². The minimum absolute atomic E-state index is 0.0329. The first-order chi connectivity index (χ1) is 6.73. The molecular weight excluding hydrogens is 211 g/mol. The molecule has 4 nitrogen and oxygen atoms in total. The summed E-state index contributed by atoms with van der Waals surface area (Å²) in [6.45, 7) is 1.47. The van der Waals surface area contributed by atoms with Crippen molar-refractivity contribution < 1.29 is 18.0 Å². The monoisotopic (exact) mass is 223 g/mol. The number of rotatable bonds is 3. The van der Waals surface area contributed by atoms with Crippen molar-refractivity contribution in [1.29, 1.82) is 0 Å². The van der Waals surface area contributed by atoms with Crippen molar-refractivity contribution in [3.05, 3.63) is 0 Å². The number of nitrogens with one attached hydrogen (secondary N) is 1. The van der Waals surface area contributed by atoms with Crippen molar-refractivity contribution in [2.75, 3.05) is 0 Å². The maximum absolute atomic E-state index is 11.9. The number of alkyl halides is 3. The molecule has 0 fully saturated rings. The zero-order chi connectivity index (χ0) is 11.7. The van der Waals surface area contributed by atoms with Gasteiger partial charge in [-0.15, -0.1) is 0 Å². The summed E-state index contributed by atoms with van der Waals surface area (Å²) in [7, 11) is 0. The zero-order valence-electron chi connectivity index (χ0n) is 8.19. The van der Waals surface area contributed by atoms with Gasteiger partial charge in [-0.05, 0) is 19.8 Å². The lowest BCUT2D eigenvalue weighted by molar-refractivity contribution is -0.137. The Balaban J connectivity index is 2.48. The second-order valence-electron chi connectivity index (χ2n) is 3.69. The molecule has 15 heavy (non-hydrogen) atoms. The van der Waals surface area contributed by atoms with E-state index in [2.05, 4.69) is 10.3 Å². The average molecular weight is 223 g/mol. The number of nitrogens with zero attached hydrogens (tertiary/aromatic N) is 1. The lowest BCUT2D eigenvalue weighted by Crippen LogP contribution is -2.38. The van der Waals surface area contributed by atoms with Crippen LogP contribution in [0.3, 0.4) is 0 Å². The van der Waals surface area contributed by atoms with Gasteiger partial charge in [-0.25, -0.2) is 4.99 Å². The highest BCUT2D eigenvalue weighted by atomic mass is 19.4. The third-order valence-corrected chi connectivity index (χ3v) is 2.22. The van der Waals surface area contributed by atoms with Crippen LogP contribution in [0.25, 0.3) is 0 Å². The van der Waals surface area contributed by atoms with Crippen LogP contribution in [0, 0.1) is 0 Å². The maximum atomic E-state index is 11.9. The van der Waals surface area contributed by atoms with Gasteiger partial charge in [0, 0.05) is 6.42 Å². The molecule has 1 heterocycles. The largest absolute Gasteiger partial charge is 0.389 e. The van der Waals surface area contributed by atoms with E-state index in [1.165, 1.54) is 6.92 Å². The van der Waals surface area contributed by atoms with E-state index in [1.807, 2.05) is 0 Å². The summed E-state index contributed by atoms with van der Waals surface area (Å²) in [5.74, 6) is -0.475. The zero-order valence-corrected chi connectivity index (χ0v) is 8.19. The number of carbonyl (C=O) groups excluding carboxylic acids is 1. The van der Waals surface area contributed by atoms with E-state index >= 15 is 0 Å². The van der Waals surface area contributed by atoms with Crippen LogP contribution in [-0.2, 0) is 4.79 Å². The Hall–Kier alpha value is -1.27. The number of halogens is 3. The number of guanidine groups is 1. The molecule has 0 bridgehead atoms. The fourth-order valence-electron chi connectivity index (χ4n) is 1.40. The van der Waals surface area contributed by atoms with E-state index in [0.29, 0.717) is 0 Å². The molecule has 0 radical (unpaired) electrons. The van der Waals surface area contributed by atoms with Crippen LogP contribution in [0.15, 0.2) is 4.99 Å². The molecule has 1 rings (SSSR count). The van der Waals surface area contributed by atoms with Gasteiger partial charge in [0.25, 0.3) is 5.91 Å². The molecule has 3 N–H and O–H groups in total. The first-order valence-corrected chi connectivity index (χ1v) is 4.46. The van der Waals surface area contributed by atoms with Gasteiger partial charge in [0.2, 0.25) is 0 Å². The normalized spacial score (nSPS) is 26.4. The standard InChI is InChI=1S/C8H12F3N3O/c1-7(3-2-4-8(9,10)11)5(15)13-6(12)14-7/h2-4H2,1H3,(H3,12,13,14,15). The Kier molecular flexibility index (Phi) is 2.92. The molecule has 1 unspecified atom stereocenters. The Labute approximate surface area is 84.7 Å². The summed E-state index contributed by atoms with van der Waals surface area (Å²) < 4.78 is 35.6. The lowest BCUT2D eigenvalue weighted by atomic mass is 9.95. The summed E-state index contributed by atoms with van der Waals surface area (Å²) >= 11 is 0.